The predicted octanol–water partition coefficient (Wildman–Crippen LogP) is -0.157. The number of primary amides is 1. The molecular weight excluding hydrogens is 182 g/mol. The normalized spacial score (nSPS) is 10.3. The third-order valence-corrected chi connectivity index (χ3v) is 1.50. The van der Waals surface area contributed by atoms with Crippen molar-refractivity contribution in [2.75, 3.05) is 6.61 Å². The van der Waals surface area contributed by atoms with Crippen LogP contribution in [-0.4, -0.2) is 18.7 Å². The number of hydrogen-bond acceptors (Lipinski definition) is 4. The largest absolute Gasteiger partial charge is 0.483 e. The number of benzene rings is 1. The van der Waals surface area contributed by atoms with Crippen LogP contribution in [0, 0.1) is 0 Å². The summed E-state index contributed by atoms with van der Waals surface area (Å²) in [5.74, 6) is 5.01. The summed E-state index contributed by atoms with van der Waals surface area (Å²) in [4.78, 5) is 10.5. The van der Waals surface area contributed by atoms with Crippen molar-refractivity contribution in [1.82, 2.24) is 0 Å². The third-order valence-electron chi connectivity index (χ3n) is 1.50. The molecule has 74 valence electrons. The number of hydrogen-bond donors (Lipinski definition) is 2. The van der Waals surface area contributed by atoms with Crippen LogP contribution >= 0.6 is 0 Å². The Kier molecular flexibility index (Phi) is 3.49. The van der Waals surface area contributed by atoms with E-state index in [-0.39, 0.29) is 6.61 Å². The lowest BCUT2D eigenvalue weighted by molar-refractivity contribution is -0.119. The summed E-state index contributed by atoms with van der Waals surface area (Å²) in [5.41, 5.74) is 5.65. The highest BCUT2D eigenvalue weighted by Gasteiger charge is 2.01. The molecule has 0 aliphatic rings. The van der Waals surface area contributed by atoms with Crippen LogP contribution in [0.15, 0.2) is 29.4 Å². The third kappa shape index (κ3) is 2.78. The molecule has 0 unspecified atom stereocenters. The van der Waals surface area contributed by atoms with Crippen molar-refractivity contribution in [3.8, 4) is 5.75 Å². The van der Waals surface area contributed by atoms with E-state index < -0.39 is 5.91 Å². The van der Waals surface area contributed by atoms with Crippen LogP contribution in [0.1, 0.15) is 5.56 Å². The van der Waals surface area contributed by atoms with Crippen LogP contribution in [0.25, 0.3) is 0 Å². The van der Waals surface area contributed by atoms with Gasteiger partial charge in [-0.3, -0.25) is 4.79 Å². The average Bonchev–Trinajstić information content (AvgIpc) is 2.17. The zero-order valence-electron chi connectivity index (χ0n) is 7.51. The number of carbonyl (C=O) groups is 1. The molecule has 1 amide bonds. The van der Waals surface area contributed by atoms with E-state index in [1.165, 1.54) is 6.21 Å². The first-order valence-electron chi connectivity index (χ1n) is 3.97. The summed E-state index contributed by atoms with van der Waals surface area (Å²) in [7, 11) is 0. The van der Waals surface area contributed by atoms with Gasteiger partial charge in [-0.2, -0.15) is 5.10 Å². The van der Waals surface area contributed by atoms with E-state index in [9.17, 15) is 4.79 Å². The minimum absolute atomic E-state index is 0.157. The molecule has 0 aromatic heterocycles. The van der Waals surface area contributed by atoms with Crippen molar-refractivity contribution in [3.05, 3.63) is 29.8 Å². The highest BCUT2D eigenvalue weighted by atomic mass is 16.5. The predicted molar refractivity (Wildman–Crippen MR) is 52.9 cm³/mol. The van der Waals surface area contributed by atoms with Crippen LogP contribution < -0.4 is 16.3 Å². The molecule has 1 aromatic carbocycles. The minimum atomic E-state index is -0.524. The minimum Gasteiger partial charge on any atom is -0.483 e. The standard InChI is InChI=1S/C9H11N3O2/c10-9(13)6-14-8-4-2-1-3-7(8)5-12-11/h1-5H,6,11H2,(H2,10,13). The second-order valence-electron chi connectivity index (χ2n) is 2.57. The number of nitrogens with two attached hydrogens (primary N) is 2. The van der Waals surface area contributed by atoms with E-state index in [0.717, 1.165) is 0 Å². The van der Waals surface area contributed by atoms with Crippen molar-refractivity contribution in [2.24, 2.45) is 16.7 Å². The van der Waals surface area contributed by atoms with Crippen LogP contribution in [0.3, 0.4) is 0 Å². The summed E-state index contributed by atoms with van der Waals surface area (Å²) >= 11 is 0. The number of para-hydroxylation sites is 1. The van der Waals surface area contributed by atoms with Gasteiger partial charge in [0.15, 0.2) is 6.61 Å². The second-order valence-corrected chi connectivity index (χ2v) is 2.57. The maximum absolute atomic E-state index is 10.5. The molecule has 14 heavy (non-hydrogen) atoms. The summed E-state index contributed by atoms with van der Waals surface area (Å²) < 4.78 is 5.13. The number of nitrogens with zero attached hydrogens (tertiary/aromatic N) is 1. The molecule has 0 saturated carbocycles. The molecule has 0 bridgehead atoms. The maximum atomic E-state index is 10.5. The average molecular weight is 193 g/mol. The van der Waals surface area contributed by atoms with Crippen molar-refractivity contribution < 1.29 is 9.53 Å². The fourth-order valence-electron chi connectivity index (χ4n) is 0.948. The van der Waals surface area contributed by atoms with Gasteiger partial charge in [-0.05, 0) is 12.1 Å². The van der Waals surface area contributed by atoms with Gasteiger partial charge in [0, 0.05) is 5.56 Å². The Labute approximate surface area is 81.3 Å². The van der Waals surface area contributed by atoms with E-state index in [1.54, 1.807) is 18.2 Å². The molecular formula is C9H11N3O2. The van der Waals surface area contributed by atoms with Gasteiger partial charge in [0.1, 0.15) is 5.75 Å². The molecule has 1 aromatic rings. The van der Waals surface area contributed by atoms with Crippen molar-refractivity contribution in [1.29, 1.82) is 0 Å². The Morgan fingerprint density at radius 2 is 2.21 bits per heavy atom. The molecule has 0 spiro atoms. The monoisotopic (exact) mass is 193 g/mol. The topological polar surface area (TPSA) is 90.7 Å². The number of hydrazone groups is 1. The van der Waals surface area contributed by atoms with Gasteiger partial charge in [-0.25, -0.2) is 0 Å². The molecule has 0 aliphatic heterocycles. The summed E-state index contributed by atoms with van der Waals surface area (Å²) in [6.45, 7) is -0.157. The van der Waals surface area contributed by atoms with Gasteiger partial charge in [0.2, 0.25) is 0 Å². The molecule has 4 N–H and O–H groups in total. The van der Waals surface area contributed by atoms with Gasteiger partial charge in [0.05, 0.1) is 6.21 Å². The molecule has 0 atom stereocenters. The van der Waals surface area contributed by atoms with Gasteiger partial charge in [-0.1, -0.05) is 12.1 Å². The van der Waals surface area contributed by atoms with Crippen molar-refractivity contribution in [3.63, 3.8) is 0 Å². The number of carbonyl (C=O) groups excluding carboxylic acids is 1. The molecule has 5 heteroatoms. The first-order chi connectivity index (χ1) is 6.74. The summed E-state index contributed by atoms with van der Waals surface area (Å²) in [6, 6.07) is 7.07. The lowest BCUT2D eigenvalue weighted by atomic mass is 10.2. The van der Waals surface area contributed by atoms with Gasteiger partial charge >= 0.3 is 0 Å². The van der Waals surface area contributed by atoms with Crippen LogP contribution in [0.4, 0.5) is 0 Å². The Bertz CT molecular complexity index is 350. The first-order valence-corrected chi connectivity index (χ1v) is 3.97. The lowest BCUT2D eigenvalue weighted by Crippen LogP contribution is -2.20. The van der Waals surface area contributed by atoms with E-state index in [0.29, 0.717) is 11.3 Å². The Morgan fingerprint density at radius 1 is 1.50 bits per heavy atom. The van der Waals surface area contributed by atoms with E-state index >= 15 is 0 Å². The summed E-state index contributed by atoms with van der Waals surface area (Å²) in [6.07, 6.45) is 1.44. The van der Waals surface area contributed by atoms with Crippen LogP contribution in [0.2, 0.25) is 0 Å². The van der Waals surface area contributed by atoms with Gasteiger partial charge in [0.25, 0.3) is 5.91 Å². The number of rotatable bonds is 4. The maximum Gasteiger partial charge on any atom is 0.255 e. The quantitative estimate of drug-likeness (QED) is 0.395. The van der Waals surface area contributed by atoms with E-state index in [1.807, 2.05) is 6.07 Å². The van der Waals surface area contributed by atoms with Crippen molar-refractivity contribution >= 4 is 12.1 Å². The fraction of sp³-hybridized carbons (Fsp3) is 0.111. The Hall–Kier alpha value is -2.04. The molecule has 0 fully saturated rings. The Morgan fingerprint density at radius 3 is 2.86 bits per heavy atom. The molecule has 0 aliphatic carbocycles. The molecule has 0 heterocycles. The summed E-state index contributed by atoms with van der Waals surface area (Å²) in [5, 5.41) is 3.37. The zero-order valence-corrected chi connectivity index (χ0v) is 7.51. The van der Waals surface area contributed by atoms with Crippen LogP contribution in [0.5, 0.6) is 5.75 Å². The smallest absolute Gasteiger partial charge is 0.255 e. The molecule has 5 nitrogen and oxygen atoms in total. The van der Waals surface area contributed by atoms with E-state index in [2.05, 4.69) is 5.10 Å². The SMILES string of the molecule is NN=Cc1ccccc1OCC(N)=O. The van der Waals surface area contributed by atoms with Crippen molar-refractivity contribution in [2.45, 2.75) is 0 Å². The zero-order chi connectivity index (χ0) is 10.4. The number of ether oxygens (including phenoxy) is 1. The van der Waals surface area contributed by atoms with Crippen LogP contribution in [-0.2, 0) is 4.79 Å². The van der Waals surface area contributed by atoms with Gasteiger partial charge < -0.3 is 16.3 Å². The highest BCUT2D eigenvalue weighted by Crippen LogP contribution is 2.15. The first kappa shape index (κ1) is 10.0. The second kappa shape index (κ2) is 4.86. The lowest BCUT2D eigenvalue weighted by Gasteiger charge is -2.05. The fourth-order valence-corrected chi connectivity index (χ4v) is 0.948. The highest BCUT2D eigenvalue weighted by molar-refractivity contribution is 5.83. The molecule has 0 radical (unpaired) electrons. The number of amides is 1. The molecule has 0 saturated heterocycles. The Balaban J connectivity index is 2.79. The molecule has 1 rings (SSSR count). The van der Waals surface area contributed by atoms with E-state index in [4.69, 9.17) is 16.3 Å². The van der Waals surface area contributed by atoms with Gasteiger partial charge in [-0.15, -0.1) is 0 Å².